The van der Waals surface area contributed by atoms with E-state index < -0.39 is 48.3 Å². The monoisotopic (exact) mass is 650 g/mol. The van der Waals surface area contributed by atoms with Crippen molar-refractivity contribution in [2.45, 2.75) is 0 Å². The smallest absolute Gasteiger partial charge is 0.164 e. The van der Waals surface area contributed by atoms with Crippen LogP contribution in [0.5, 0.6) is 0 Å². The zero-order chi connectivity index (χ0) is 41.7. The molecule has 10 rings (SSSR count). The molecule has 0 saturated carbocycles. The second-order valence-electron chi connectivity index (χ2n) is 11.7. The number of para-hydroxylation sites is 2. The Morgan fingerprint density at radius 1 is 0.460 bits per heavy atom. The second kappa shape index (κ2) is 11.4. The minimum Gasteiger partial charge on any atom is -0.456 e. The number of benzene rings is 7. The molecule has 5 nitrogen and oxygen atoms in total. The summed E-state index contributed by atoms with van der Waals surface area (Å²) in [4.78, 5) is 14.7. The van der Waals surface area contributed by atoms with Gasteiger partial charge in [0.1, 0.15) is 11.2 Å². The lowest BCUT2D eigenvalue weighted by Gasteiger charge is -2.10. The molecule has 0 bridgehead atoms. The summed E-state index contributed by atoms with van der Waals surface area (Å²) >= 11 is 0. The molecule has 3 aromatic heterocycles. The topological polar surface area (TPSA) is 56.7 Å². The number of aromatic nitrogens is 4. The number of hydrogen-bond donors (Lipinski definition) is 0. The lowest BCUT2D eigenvalue weighted by atomic mass is 10.00. The van der Waals surface area contributed by atoms with Gasteiger partial charge < -0.3 is 8.98 Å². The molecular weight excluding hydrogens is 613 g/mol. The van der Waals surface area contributed by atoms with E-state index in [0.29, 0.717) is 45.2 Å². The zero-order valence-corrected chi connectivity index (χ0v) is 26.1. The molecule has 0 fully saturated rings. The van der Waals surface area contributed by atoms with E-state index in [9.17, 15) is 2.74 Å². The van der Waals surface area contributed by atoms with Gasteiger partial charge >= 0.3 is 0 Å². The highest BCUT2D eigenvalue weighted by Gasteiger charge is 2.18. The van der Waals surface area contributed by atoms with Crippen LogP contribution < -0.4 is 0 Å². The van der Waals surface area contributed by atoms with Crippen molar-refractivity contribution in [3.63, 3.8) is 0 Å². The van der Waals surface area contributed by atoms with Crippen LogP contribution in [0.1, 0.15) is 13.7 Å². The first-order valence-electron chi connectivity index (χ1n) is 20.9. The number of furan rings is 1. The highest BCUT2D eigenvalue weighted by molar-refractivity contribution is 6.13. The molecule has 0 spiro atoms. The van der Waals surface area contributed by atoms with Crippen molar-refractivity contribution in [1.29, 1.82) is 0 Å². The van der Waals surface area contributed by atoms with Gasteiger partial charge in [-0.1, -0.05) is 127 Å². The molecule has 0 N–H and O–H groups in total. The SMILES string of the molecule is [2H]c1cc(-n2c3c([2H])c([2H])c([2H])c([2H])c3c3c([2H])c([2H])c([2H])c([2H])c32)cc([2H])c1-c1ccc2oc3cccc(-c4nc(-c5ccccc5)nc(-c5ccccc5)n4)c3c2c1. The summed E-state index contributed by atoms with van der Waals surface area (Å²) in [5, 5.41) is 1.26. The fourth-order valence-corrected chi connectivity index (χ4v) is 6.45. The molecule has 0 aliphatic heterocycles. The van der Waals surface area contributed by atoms with E-state index in [1.165, 1.54) is 16.7 Å². The van der Waals surface area contributed by atoms with E-state index in [1.807, 2.05) is 84.9 Å². The average Bonchev–Trinajstić information content (AvgIpc) is 3.83. The Balaban J connectivity index is 1.18. The Morgan fingerprint density at radius 2 is 1.06 bits per heavy atom. The van der Waals surface area contributed by atoms with Gasteiger partial charge in [-0.25, -0.2) is 15.0 Å². The Hall–Kier alpha value is -6.85. The summed E-state index contributed by atoms with van der Waals surface area (Å²) in [6.07, 6.45) is 0. The molecule has 10 aromatic rings. The van der Waals surface area contributed by atoms with Gasteiger partial charge in [-0.05, 0) is 53.5 Å². The molecule has 0 saturated heterocycles. The van der Waals surface area contributed by atoms with Crippen molar-refractivity contribution in [3.8, 4) is 51.0 Å². The van der Waals surface area contributed by atoms with E-state index >= 15 is 0 Å². The summed E-state index contributed by atoms with van der Waals surface area (Å²) in [6.45, 7) is 0. The maximum Gasteiger partial charge on any atom is 0.164 e. The minimum absolute atomic E-state index is 0.0804. The van der Waals surface area contributed by atoms with Crippen molar-refractivity contribution < 1.29 is 18.1 Å². The molecule has 0 radical (unpaired) electrons. The Labute approximate surface area is 301 Å². The van der Waals surface area contributed by atoms with Crippen LogP contribution in [0.3, 0.4) is 0 Å². The first kappa shape index (κ1) is 19.8. The molecule has 0 aliphatic carbocycles. The first-order valence-corrected chi connectivity index (χ1v) is 15.9. The molecule has 234 valence electrons. The maximum atomic E-state index is 9.29. The highest BCUT2D eigenvalue weighted by Crippen LogP contribution is 2.39. The summed E-state index contributed by atoms with van der Waals surface area (Å²) in [5.74, 6) is 1.42. The quantitative estimate of drug-likeness (QED) is 0.186. The molecule has 5 heteroatoms. The maximum absolute atomic E-state index is 9.29. The van der Waals surface area contributed by atoms with E-state index in [2.05, 4.69) is 0 Å². The van der Waals surface area contributed by atoms with Gasteiger partial charge in [0.25, 0.3) is 0 Å². The van der Waals surface area contributed by atoms with Crippen LogP contribution in [0.25, 0.3) is 94.7 Å². The average molecular weight is 651 g/mol. The van der Waals surface area contributed by atoms with Gasteiger partial charge in [-0.3, -0.25) is 0 Å². The summed E-state index contributed by atoms with van der Waals surface area (Å²) in [7, 11) is 0. The fourth-order valence-electron chi connectivity index (χ4n) is 6.45. The third kappa shape index (κ3) is 4.60. The van der Waals surface area contributed by atoms with Gasteiger partial charge in [0.2, 0.25) is 0 Å². The van der Waals surface area contributed by atoms with Crippen molar-refractivity contribution >= 4 is 43.7 Å². The predicted molar refractivity (Wildman–Crippen MR) is 203 cm³/mol. The second-order valence-corrected chi connectivity index (χ2v) is 11.7. The summed E-state index contributed by atoms with van der Waals surface area (Å²) in [6, 6.07) is 28.9. The van der Waals surface area contributed by atoms with Gasteiger partial charge in [0, 0.05) is 43.9 Å². The zero-order valence-electron chi connectivity index (χ0n) is 36.1. The lowest BCUT2D eigenvalue weighted by molar-refractivity contribution is 0.669. The highest BCUT2D eigenvalue weighted by atomic mass is 16.3. The van der Waals surface area contributed by atoms with Gasteiger partial charge in [0.15, 0.2) is 17.5 Å². The Bertz CT molecular complexity index is 3280. The van der Waals surface area contributed by atoms with Crippen molar-refractivity contribution in [3.05, 3.63) is 170 Å². The number of fused-ring (bicyclic) bond motifs is 6. The summed E-state index contributed by atoms with van der Waals surface area (Å²) in [5.41, 5.74) is 4.21. The number of hydrogen-bond acceptors (Lipinski definition) is 4. The predicted octanol–water partition coefficient (Wildman–Crippen LogP) is 11.5. The standard InChI is InChI=1S/C45H28N4O/c1-3-12-30(13-4-1)43-46-44(31-14-5-2-6-15-31)48-45(47-43)36-18-11-21-41-42(36)37-28-32(24-27-40(37)50-41)29-22-25-33(26-23-29)49-38-19-9-7-16-34(38)35-17-8-10-20-39(35)49/h1-28H/i7D,8D,9D,10D,16D,17D,19D,20D,22D,23D. The van der Waals surface area contributed by atoms with Gasteiger partial charge in [0.05, 0.1) is 24.7 Å². The lowest BCUT2D eigenvalue weighted by Crippen LogP contribution is -2.00. The molecule has 3 heterocycles. The van der Waals surface area contributed by atoms with Crippen LogP contribution in [0.15, 0.2) is 174 Å². The molecule has 0 aliphatic rings. The van der Waals surface area contributed by atoms with Crippen molar-refractivity contribution in [1.82, 2.24) is 19.5 Å². The molecule has 0 amide bonds. The van der Waals surface area contributed by atoms with Crippen LogP contribution in [0, 0.1) is 0 Å². The molecule has 50 heavy (non-hydrogen) atoms. The molecule has 7 aromatic carbocycles. The molecule has 0 atom stereocenters. The largest absolute Gasteiger partial charge is 0.456 e. The van der Waals surface area contributed by atoms with Crippen molar-refractivity contribution in [2.75, 3.05) is 0 Å². The number of rotatable bonds is 5. The third-order valence-electron chi connectivity index (χ3n) is 8.74. The Kier molecular flexibility index (Phi) is 4.52. The summed E-state index contributed by atoms with van der Waals surface area (Å²) < 4.78 is 95.0. The van der Waals surface area contributed by atoms with Crippen molar-refractivity contribution in [2.24, 2.45) is 0 Å². The third-order valence-corrected chi connectivity index (χ3v) is 8.74. The first-order chi connectivity index (χ1) is 28.9. The van der Waals surface area contributed by atoms with E-state index in [0.717, 1.165) is 16.5 Å². The molecule has 0 unspecified atom stereocenters. The molecular formula is C45H28N4O. The van der Waals surface area contributed by atoms with Crippen LogP contribution in [0.4, 0.5) is 0 Å². The van der Waals surface area contributed by atoms with Crippen LogP contribution in [0.2, 0.25) is 0 Å². The Morgan fingerprint density at radius 3 is 1.70 bits per heavy atom. The van der Waals surface area contributed by atoms with E-state index in [4.69, 9.17) is 30.3 Å². The van der Waals surface area contributed by atoms with Gasteiger partial charge in [-0.2, -0.15) is 0 Å². The van der Waals surface area contributed by atoms with E-state index in [-0.39, 0.29) is 45.1 Å². The van der Waals surface area contributed by atoms with Gasteiger partial charge in [-0.15, -0.1) is 0 Å². The van der Waals surface area contributed by atoms with Crippen LogP contribution >= 0.6 is 0 Å². The van der Waals surface area contributed by atoms with E-state index in [1.54, 1.807) is 12.1 Å². The number of nitrogens with zero attached hydrogens (tertiary/aromatic N) is 4. The van der Waals surface area contributed by atoms with Crippen LogP contribution in [-0.2, 0) is 0 Å². The minimum atomic E-state index is -0.551. The fraction of sp³-hybridized carbons (Fsp3) is 0. The normalized spacial score (nSPS) is 14.4. The van der Waals surface area contributed by atoms with Crippen LogP contribution in [-0.4, -0.2) is 19.5 Å².